The van der Waals surface area contributed by atoms with Crippen molar-refractivity contribution in [2.24, 2.45) is 0 Å². The number of aryl methyl sites for hydroxylation is 1. The molecule has 2 unspecified atom stereocenters. The Bertz CT molecular complexity index is 1110. The van der Waals surface area contributed by atoms with Crippen LogP contribution in [0.4, 0.5) is 0 Å². The van der Waals surface area contributed by atoms with E-state index in [1.165, 1.54) is 166 Å². The third-order valence-corrected chi connectivity index (χ3v) is 13.5. The number of benzene rings is 1. The van der Waals surface area contributed by atoms with Crippen molar-refractivity contribution in [1.82, 2.24) is 0 Å². The van der Waals surface area contributed by atoms with Crippen molar-refractivity contribution >= 4 is 17.7 Å². The second-order valence-electron chi connectivity index (χ2n) is 15.9. The van der Waals surface area contributed by atoms with Crippen LogP contribution in [0.5, 0.6) is 0 Å². The van der Waals surface area contributed by atoms with Crippen LogP contribution in [0.1, 0.15) is 226 Å². The van der Waals surface area contributed by atoms with Gasteiger partial charge in [-0.1, -0.05) is 212 Å². The average molecular weight is 831 g/mol. The molecule has 1 rings (SSSR count). The first-order valence-corrected chi connectivity index (χ1v) is 26.5. The second kappa shape index (κ2) is 36.1. The zero-order chi connectivity index (χ0) is 41.0. The Morgan fingerprint density at radius 3 is 1.09 bits per heavy atom. The van der Waals surface area contributed by atoms with Crippen molar-refractivity contribution in [1.29, 1.82) is 0 Å². The van der Waals surface area contributed by atoms with Crippen molar-refractivity contribution in [3.63, 3.8) is 0 Å². The fourth-order valence-electron chi connectivity index (χ4n) is 6.82. The first kappa shape index (κ1) is 53.2. The molecule has 0 aromatic heterocycles. The topological polar surface area (TPSA) is 97.4 Å². The Labute approximate surface area is 346 Å². The van der Waals surface area contributed by atoms with Crippen LogP contribution in [0, 0.1) is 6.92 Å². The largest absolute Gasteiger partial charge is 0.362 e. The van der Waals surface area contributed by atoms with Gasteiger partial charge < -0.3 is 9.47 Å². The molecule has 0 saturated carbocycles. The van der Waals surface area contributed by atoms with Gasteiger partial charge in [0.15, 0.2) is 18.9 Å². The minimum absolute atomic E-state index is 0.0168. The van der Waals surface area contributed by atoms with E-state index in [2.05, 4.69) is 13.8 Å². The third-order valence-electron chi connectivity index (χ3n) is 10.5. The standard InChI is InChI=1S/C46H87O8PS/c1-6-10-12-14-16-18-20-22-24-26-28-30-32-34-40-50-45(8-3)53-55(47,42-52-56(48,49)44-38-36-43(5)37-39-44)54-46(9-4)51-41-35-33-31-29-27-25-23-21-19-17-15-13-11-7-2/h36-39,45-46H,6-35,40-42H2,1-5H3. The summed E-state index contributed by atoms with van der Waals surface area (Å²) in [5.41, 5.74) is 0.921. The molecule has 2 atom stereocenters. The molecule has 1 aromatic carbocycles. The van der Waals surface area contributed by atoms with Gasteiger partial charge in [0.1, 0.15) is 0 Å². The molecule has 0 aliphatic carbocycles. The van der Waals surface area contributed by atoms with E-state index in [1.807, 2.05) is 20.8 Å². The van der Waals surface area contributed by atoms with E-state index in [0.29, 0.717) is 26.1 Å². The molecule has 0 amide bonds. The maximum atomic E-state index is 14.2. The lowest BCUT2D eigenvalue weighted by molar-refractivity contribution is -0.122. The SMILES string of the molecule is CCCCCCCCCCCCCCCCOC(CC)OP(=O)(COS(=O)(=O)c1ccc(C)cc1)OC(CC)OCCCCCCCCCCCCCCCC. The van der Waals surface area contributed by atoms with E-state index in [9.17, 15) is 13.0 Å². The number of hydrogen-bond acceptors (Lipinski definition) is 8. The molecule has 1 aromatic rings. The summed E-state index contributed by atoms with van der Waals surface area (Å²) in [5, 5.41) is 0. The molecule has 0 aliphatic heterocycles. The van der Waals surface area contributed by atoms with Gasteiger partial charge in [-0.15, -0.1) is 0 Å². The zero-order valence-electron chi connectivity index (χ0n) is 36.9. The molecule has 10 heteroatoms. The van der Waals surface area contributed by atoms with E-state index < -0.39 is 36.6 Å². The molecule has 0 heterocycles. The van der Waals surface area contributed by atoms with Crippen molar-refractivity contribution in [2.45, 2.75) is 245 Å². The Hall–Kier alpha value is -0.800. The maximum absolute atomic E-state index is 14.2. The molecule has 56 heavy (non-hydrogen) atoms. The van der Waals surface area contributed by atoms with Crippen LogP contribution in [-0.4, -0.2) is 40.6 Å². The van der Waals surface area contributed by atoms with Gasteiger partial charge in [-0.25, -0.2) is 0 Å². The molecular formula is C46H87O8PS. The molecule has 8 nitrogen and oxygen atoms in total. The van der Waals surface area contributed by atoms with Crippen molar-refractivity contribution < 1.29 is 35.7 Å². The average Bonchev–Trinajstić information content (AvgIpc) is 3.19. The highest BCUT2D eigenvalue weighted by molar-refractivity contribution is 7.87. The quantitative estimate of drug-likeness (QED) is 0.0278. The monoisotopic (exact) mass is 831 g/mol. The summed E-state index contributed by atoms with van der Waals surface area (Å²) in [6.07, 6.45) is 34.2. The van der Waals surface area contributed by atoms with E-state index in [-0.39, 0.29) is 4.90 Å². The highest BCUT2D eigenvalue weighted by Gasteiger charge is 2.35. The number of unbranched alkanes of at least 4 members (excludes halogenated alkanes) is 26. The number of ether oxygens (including phenoxy) is 2. The molecule has 330 valence electrons. The van der Waals surface area contributed by atoms with Crippen LogP contribution in [0.3, 0.4) is 0 Å². The highest BCUT2D eigenvalue weighted by Crippen LogP contribution is 2.52. The molecule has 0 radical (unpaired) electrons. The highest BCUT2D eigenvalue weighted by atomic mass is 32.2. The van der Waals surface area contributed by atoms with Crippen molar-refractivity contribution in [3.05, 3.63) is 29.8 Å². The number of hydrogen-bond donors (Lipinski definition) is 0. The Morgan fingerprint density at radius 1 is 0.482 bits per heavy atom. The van der Waals surface area contributed by atoms with Gasteiger partial charge in [-0.3, -0.25) is 17.8 Å². The van der Waals surface area contributed by atoms with Gasteiger partial charge in [0.05, 0.1) is 4.90 Å². The van der Waals surface area contributed by atoms with E-state index in [0.717, 1.165) is 31.2 Å². The van der Waals surface area contributed by atoms with Crippen LogP contribution in [0.25, 0.3) is 0 Å². The van der Waals surface area contributed by atoms with Crippen molar-refractivity contribution in [2.75, 3.05) is 19.6 Å². The Kier molecular flexibility index (Phi) is 34.3. The lowest BCUT2D eigenvalue weighted by Crippen LogP contribution is -2.23. The molecule has 0 saturated heterocycles. The van der Waals surface area contributed by atoms with Crippen molar-refractivity contribution in [3.8, 4) is 0 Å². The second-order valence-corrected chi connectivity index (χ2v) is 19.5. The summed E-state index contributed by atoms with van der Waals surface area (Å²) in [6, 6.07) is 6.33. The lowest BCUT2D eigenvalue weighted by atomic mass is 10.0. The molecule has 0 fully saturated rings. The summed E-state index contributed by atoms with van der Waals surface area (Å²) < 4.78 is 69.6. The van der Waals surface area contributed by atoms with Crippen LogP contribution in [0.15, 0.2) is 29.2 Å². The minimum atomic E-state index is -4.20. The smallest absolute Gasteiger partial charge is 0.352 e. The van der Waals surface area contributed by atoms with Crippen LogP contribution >= 0.6 is 7.60 Å². The van der Waals surface area contributed by atoms with Gasteiger partial charge in [0.2, 0.25) is 0 Å². The minimum Gasteiger partial charge on any atom is -0.352 e. The summed E-state index contributed by atoms with van der Waals surface area (Å²) >= 11 is 0. The molecular weight excluding hydrogens is 744 g/mol. The predicted molar refractivity (Wildman–Crippen MR) is 235 cm³/mol. The first-order chi connectivity index (χ1) is 27.2. The predicted octanol–water partition coefficient (Wildman–Crippen LogP) is 15.4. The van der Waals surface area contributed by atoms with Gasteiger partial charge in [0, 0.05) is 13.2 Å². The fourth-order valence-corrected chi connectivity index (χ4v) is 9.80. The van der Waals surface area contributed by atoms with Gasteiger partial charge in [-0.2, -0.15) is 8.42 Å². The van der Waals surface area contributed by atoms with E-state index in [4.69, 9.17) is 22.7 Å². The van der Waals surface area contributed by atoms with Gasteiger partial charge in [0.25, 0.3) is 10.1 Å². The lowest BCUT2D eigenvalue weighted by Gasteiger charge is -2.27. The van der Waals surface area contributed by atoms with Gasteiger partial charge >= 0.3 is 7.60 Å². The normalized spacial score (nSPS) is 14.2. The summed E-state index contributed by atoms with van der Waals surface area (Å²) in [7, 11) is -8.32. The van der Waals surface area contributed by atoms with E-state index in [1.54, 1.807) is 12.1 Å². The fraction of sp³-hybridized carbons (Fsp3) is 0.870. The van der Waals surface area contributed by atoms with Crippen LogP contribution < -0.4 is 0 Å². The molecule has 0 spiro atoms. The summed E-state index contributed by atoms with van der Waals surface area (Å²) in [4.78, 5) is -0.0168. The van der Waals surface area contributed by atoms with E-state index >= 15 is 0 Å². The Morgan fingerprint density at radius 2 is 0.786 bits per heavy atom. The first-order valence-electron chi connectivity index (χ1n) is 23.3. The number of rotatable bonds is 42. The Balaban J connectivity index is 2.50. The van der Waals surface area contributed by atoms with Gasteiger partial charge in [-0.05, 0) is 44.7 Å². The zero-order valence-corrected chi connectivity index (χ0v) is 38.6. The molecule has 0 aliphatic rings. The maximum Gasteiger partial charge on any atom is 0.362 e. The third kappa shape index (κ3) is 29.4. The molecule has 0 bridgehead atoms. The summed E-state index contributed by atoms with van der Waals surface area (Å²) in [6.45, 7) is 11.1. The van der Waals surface area contributed by atoms with Crippen LogP contribution in [-0.2, 0) is 37.4 Å². The van der Waals surface area contributed by atoms with Crippen LogP contribution in [0.2, 0.25) is 0 Å². The molecule has 0 N–H and O–H groups in total. The summed E-state index contributed by atoms with van der Waals surface area (Å²) in [5.74, 6) is 0.